The first-order chi connectivity index (χ1) is 7.72. The molecule has 2 unspecified atom stereocenters. The first-order valence-electron chi connectivity index (χ1n) is 5.71. The Kier molecular flexibility index (Phi) is 5.42. The average molecular weight is 227 g/mol. The van der Waals surface area contributed by atoms with Crippen molar-refractivity contribution < 1.29 is 9.26 Å². The van der Waals surface area contributed by atoms with Crippen molar-refractivity contribution in [3.63, 3.8) is 0 Å². The van der Waals surface area contributed by atoms with Gasteiger partial charge < -0.3 is 14.6 Å². The predicted molar refractivity (Wildman–Crippen MR) is 61.4 cm³/mol. The van der Waals surface area contributed by atoms with Gasteiger partial charge in [0.25, 0.3) is 0 Å². The lowest BCUT2D eigenvalue weighted by atomic mass is 9.98. The van der Waals surface area contributed by atoms with Crippen molar-refractivity contribution in [3.8, 4) is 0 Å². The van der Waals surface area contributed by atoms with E-state index in [2.05, 4.69) is 29.3 Å². The Hall–Kier alpha value is -0.940. The molecule has 0 aliphatic heterocycles. The molecule has 92 valence electrons. The summed E-state index contributed by atoms with van der Waals surface area (Å²) in [6, 6.07) is 0.334. The highest BCUT2D eigenvalue weighted by Gasteiger charge is 2.22. The third-order valence-corrected chi connectivity index (χ3v) is 2.83. The van der Waals surface area contributed by atoms with Gasteiger partial charge in [-0.3, -0.25) is 0 Å². The van der Waals surface area contributed by atoms with E-state index in [0.717, 1.165) is 18.1 Å². The summed E-state index contributed by atoms with van der Waals surface area (Å²) in [7, 11) is 3.61. The Morgan fingerprint density at radius 3 is 2.81 bits per heavy atom. The molecule has 0 fully saturated rings. The molecule has 1 rings (SSSR count). The Labute approximate surface area is 96.6 Å². The lowest BCUT2D eigenvalue weighted by molar-refractivity contribution is 0.199. The molecule has 5 heteroatoms. The Morgan fingerprint density at radius 2 is 2.25 bits per heavy atom. The van der Waals surface area contributed by atoms with Crippen molar-refractivity contribution in [2.24, 2.45) is 0 Å². The standard InChI is InChI=1S/C11H21N3O2/c1-5-9(8(2)12-3)11-13-10(14-16-11)6-7-15-4/h8-9,12H,5-7H2,1-4H3. The molecule has 0 saturated carbocycles. The van der Waals surface area contributed by atoms with E-state index in [1.54, 1.807) is 7.11 Å². The topological polar surface area (TPSA) is 60.2 Å². The van der Waals surface area contributed by atoms with Crippen LogP contribution in [0.15, 0.2) is 4.52 Å². The zero-order valence-electron chi connectivity index (χ0n) is 10.5. The fourth-order valence-electron chi connectivity index (χ4n) is 1.66. The van der Waals surface area contributed by atoms with Crippen LogP contribution in [0.3, 0.4) is 0 Å². The minimum atomic E-state index is 0.272. The quantitative estimate of drug-likeness (QED) is 0.762. The maximum atomic E-state index is 5.28. The van der Waals surface area contributed by atoms with Gasteiger partial charge >= 0.3 is 0 Å². The SMILES string of the molecule is CCC(c1nc(CCOC)no1)C(C)NC. The second kappa shape index (κ2) is 6.60. The number of nitrogens with one attached hydrogen (secondary N) is 1. The summed E-state index contributed by atoms with van der Waals surface area (Å²) in [5, 5.41) is 7.16. The number of nitrogens with zero attached hydrogens (tertiary/aromatic N) is 2. The van der Waals surface area contributed by atoms with Crippen molar-refractivity contribution in [3.05, 3.63) is 11.7 Å². The molecule has 1 aromatic heterocycles. The fraction of sp³-hybridized carbons (Fsp3) is 0.818. The summed E-state index contributed by atoms with van der Waals surface area (Å²) in [4.78, 5) is 4.39. The van der Waals surface area contributed by atoms with Crippen LogP contribution in [-0.4, -0.2) is 36.9 Å². The first-order valence-corrected chi connectivity index (χ1v) is 5.71. The smallest absolute Gasteiger partial charge is 0.231 e. The fourth-order valence-corrected chi connectivity index (χ4v) is 1.66. The van der Waals surface area contributed by atoms with E-state index in [9.17, 15) is 0 Å². The Bertz CT molecular complexity index is 301. The van der Waals surface area contributed by atoms with Gasteiger partial charge in [-0.05, 0) is 20.4 Å². The Morgan fingerprint density at radius 1 is 1.50 bits per heavy atom. The van der Waals surface area contributed by atoms with Crippen LogP contribution in [-0.2, 0) is 11.2 Å². The molecule has 16 heavy (non-hydrogen) atoms. The van der Waals surface area contributed by atoms with Crippen LogP contribution in [0.2, 0.25) is 0 Å². The highest BCUT2D eigenvalue weighted by molar-refractivity contribution is 4.97. The molecular weight excluding hydrogens is 206 g/mol. The maximum Gasteiger partial charge on any atom is 0.231 e. The van der Waals surface area contributed by atoms with Crippen molar-refractivity contribution >= 4 is 0 Å². The average Bonchev–Trinajstić information content (AvgIpc) is 2.75. The monoisotopic (exact) mass is 227 g/mol. The number of aromatic nitrogens is 2. The predicted octanol–water partition coefficient (Wildman–Crippen LogP) is 1.36. The van der Waals surface area contributed by atoms with Gasteiger partial charge in [-0.1, -0.05) is 12.1 Å². The maximum absolute atomic E-state index is 5.28. The van der Waals surface area contributed by atoms with E-state index in [1.807, 2.05) is 7.05 Å². The van der Waals surface area contributed by atoms with Crippen molar-refractivity contribution in [1.82, 2.24) is 15.5 Å². The van der Waals surface area contributed by atoms with Crippen LogP contribution in [0, 0.1) is 0 Å². The van der Waals surface area contributed by atoms with Gasteiger partial charge in [0.1, 0.15) is 0 Å². The van der Waals surface area contributed by atoms with E-state index in [-0.39, 0.29) is 5.92 Å². The minimum Gasteiger partial charge on any atom is -0.384 e. The number of ether oxygens (including phenoxy) is 1. The number of methoxy groups -OCH3 is 1. The molecule has 1 aromatic rings. The first kappa shape index (κ1) is 13.1. The normalized spacial score (nSPS) is 15.0. The van der Waals surface area contributed by atoms with Gasteiger partial charge in [-0.25, -0.2) is 0 Å². The molecule has 0 spiro atoms. The summed E-state index contributed by atoms with van der Waals surface area (Å²) < 4.78 is 10.3. The zero-order valence-corrected chi connectivity index (χ0v) is 10.5. The molecule has 1 N–H and O–H groups in total. The highest BCUT2D eigenvalue weighted by atomic mass is 16.5. The van der Waals surface area contributed by atoms with Gasteiger partial charge in [0.05, 0.1) is 12.5 Å². The highest BCUT2D eigenvalue weighted by Crippen LogP contribution is 2.21. The van der Waals surface area contributed by atoms with E-state index in [0.29, 0.717) is 19.1 Å². The summed E-state index contributed by atoms with van der Waals surface area (Å²) in [5.74, 6) is 1.71. The summed E-state index contributed by atoms with van der Waals surface area (Å²) in [6.07, 6.45) is 1.68. The van der Waals surface area contributed by atoms with Crippen LogP contribution >= 0.6 is 0 Å². The molecule has 0 radical (unpaired) electrons. The molecule has 0 aliphatic rings. The number of hydrogen-bond donors (Lipinski definition) is 1. The molecule has 1 heterocycles. The van der Waals surface area contributed by atoms with Crippen molar-refractivity contribution in [1.29, 1.82) is 0 Å². The van der Waals surface area contributed by atoms with Crippen LogP contribution in [0.5, 0.6) is 0 Å². The lowest BCUT2D eigenvalue weighted by Gasteiger charge is -2.17. The molecule has 0 bridgehead atoms. The second-order valence-corrected chi connectivity index (χ2v) is 3.88. The molecule has 0 aliphatic carbocycles. The van der Waals surface area contributed by atoms with Gasteiger partial charge in [0, 0.05) is 19.6 Å². The zero-order chi connectivity index (χ0) is 12.0. The largest absolute Gasteiger partial charge is 0.384 e. The van der Waals surface area contributed by atoms with E-state index in [4.69, 9.17) is 9.26 Å². The number of hydrogen-bond acceptors (Lipinski definition) is 5. The number of rotatable bonds is 7. The lowest BCUT2D eigenvalue weighted by Crippen LogP contribution is -2.28. The third-order valence-electron chi connectivity index (χ3n) is 2.83. The van der Waals surface area contributed by atoms with Crippen molar-refractivity contribution in [2.75, 3.05) is 20.8 Å². The van der Waals surface area contributed by atoms with Gasteiger partial charge in [-0.2, -0.15) is 4.98 Å². The van der Waals surface area contributed by atoms with E-state index in [1.165, 1.54) is 0 Å². The molecular formula is C11H21N3O2. The van der Waals surface area contributed by atoms with Crippen LogP contribution < -0.4 is 5.32 Å². The van der Waals surface area contributed by atoms with E-state index < -0.39 is 0 Å². The van der Waals surface area contributed by atoms with Crippen molar-refractivity contribution in [2.45, 2.75) is 38.6 Å². The van der Waals surface area contributed by atoms with Crippen LogP contribution in [0.1, 0.15) is 37.9 Å². The molecule has 0 amide bonds. The number of likely N-dealkylation sites (N-methyl/N-ethyl adjacent to an activating group) is 1. The van der Waals surface area contributed by atoms with Gasteiger partial charge in [-0.15, -0.1) is 0 Å². The van der Waals surface area contributed by atoms with E-state index >= 15 is 0 Å². The van der Waals surface area contributed by atoms with Crippen LogP contribution in [0.4, 0.5) is 0 Å². The third kappa shape index (κ3) is 3.28. The molecule has 5 nitrogen and oxygen atoms in total. The Balaban J connectivity index is 2.66. The summed E-state index contributed by atoms with van der Waals surface area (Å²) in [5.41, 5.74) is 0. The van der Waals surface area contributed by atoms with Gasteiger partial charge in [0.15, 0.2) is 5.82 Å². The van der Waals surface area contributed by atoms with Crippen LogP contribution in [0.25, 0.3) is 0 Å². The summed E-state index contributed by atoms with van der Waals surface area (Å²) >= 11 is 0. The molecule has 2 atom stereocenters. The summed E-state index contributed by atoms with van der Waals surface area (Å²) in [6.45, 7) is 4.86. The minimum absolute atomic E-state index is 0.272. The van der Waals surface area contributed by atoms with Gasteiger partial charge in [0.2, 0.25) is 5.89 Å². The second-order valence-electron chi connectivity index (χ2n) is 3.88. The molecule has 0 saturated heterocycles. The molecule has 0 aromatic carbocycles.